The van der Waals surface area contributed by atoms with E-state index in [9.17, 15) is 0 Å². The smallest absolute Gasteiger partial charge is 0.150 e. The third-order valence-electron chi connectivity index (χ3n) is 1.52. The number of halogens is 1. The third-order valence-corrected chi connectivity index (χ3v) is 1.79. The van der Waals surface area contributed by atoms with Crippen molar-refractivity contribution in [3.05, 3.63) is 21.8 Å². The van der Waals surface area contributed by atoms with Gasteiger partial charge in [0, 0.05) is 0 Å². The van der Waals surface area contributed by atoms with Crippen molar-refractivity contribution in [2.75, 3.05) is 5.73 Å². The molecule has 1 heterocycles. The van der Waals surface area contributed by atoms with Crippen LogP contribution in [0, 0.1) is 34.0 Å². The molecule has 0 unspecified atom stereocenters. The molecule has 1 aromatic rings. The summed E-state index contributed by atoms with van der Waals surface area (Å²) in [5, 5.41) is 25.9. The maximum Gasteiger partial charge on any atom is 0.150 e. The minimum Gasteiger partial charge on any atom is -0.383 e. The summed E-state index contributed by atoms with van der Waals surface area (Å²) in [7, 11) is 0. The van der Waals surface area contributed by atoms with Crippen LogP contribution in [0.3, 0.4) is 0 Å². The van der Waals surface area contributed by atoms with E-state index in [0.29, 0.717) is 0 Å². The molecule has 2 N–H and O–H groups in total. The molecule has 0 radical (unpaired) electrons. The zero-order valence-corrected chi connectivity index (χ0v) is 7.50. The minimum absolute atomic E-state index is 0.117. The van der Waals surface area contributed by atoms with E-state index in [1.165, 1.54) is 0 Å². The number of anilines is 1. The molecule has 0 amide bonds. The second kappa shape index (κ2) is 3.62. The summed E-state index contributed by atoms with van der Waals surface area (Å²) in [6, 6.07) is 5.09. The van der Waals surface area contributed by atoms with E-state index in [-0.39, 0.29) is 27.7 Å². The Morgan fingerprint density at radius 2 is 1.50 bits per heavy atom. The quantitative estimate of drug-likeness (QED) is 0.631. The van der Waals surface area contributed by atoms with Crippen molar-refractivity contribution in [2.45, 2.75) is 0 Å². The van der Waals surface area contributed by atoms with Gasteiger partial charge in [0.25, 0.3) is 0 Å². The summed E-state index contributed by atoms with van der Waals surface area (Å²) >= 11 is 5.57. The summed E-state index contributed by atoms with van der Waals surface area (Å²) in [6.45, 7) is 0. The Labute approximate surface area is 84.6 Å². The zero-order valence-electron chi connectivity index (χ0n) is 6.74. The summed E-state index contributed by atoms with van der Waals surface area (Å²) in [5.74, 6) is -0.145. The van der Waals surface area contributed by atoms with Gasteiger partial charge >= 0.3 is 0 Å². The number of nitrogens with two attached hydrogens (primary N) is 1. The van der Waals surface area contributed by atoms with Crippen molar-refractivity contribution in [1.82, 2.24) is 4.98 Å². The van der Waals surface area contributed by atoms with Gasteiger partial charge in [-0.25, -0.2) is 4.98 Å². The van der Waals surface area contributed by atoms with E-state index < -0.39 is 0 Å². The molecule has 1 rings (SSSR count). The lowest BCUT2D eigenvalue weighted by Crippen LogP contribution is -2.01. The van der Waals surface area contributed by atoms with Gasteiger partial charge in [-0.1, -0.05) is 11.6 Å². The molecule has 66 valence electrons. The first-order valence-electron chi connectivity index (χ1n) is 3.35. The molecule has 6 heteroatoms. The molecule has 0 aliphatic carbocycles. The highest BCUT2D eigenvalue weighted by molar-refractivity contribution is 6.30. The van der Waals surface area contributed by atoms with Crippen molar-refractivity contribution in [3.8, 4) is 18.2 Å². The number of rotatable bonds is 0. The van der Waals surface area contributed by atoms with Gasteiger partial charge in [0.2, 0.25) is 0 Å². The van der Waals surface area contributed by atoms with Crippen LogP contribution in [0.4, 0.5) is 5.82 Å². The lowest BCUT2D eigenvalue weighted by Gasteiger charge is -2.02. The highest BCUT2D eigenvalue weighted by atomic mass is 35.5. The summed E-state index contributed by atoms with van der Waals surface area (Å²) in [6.07, 6.45) is 0. The van der Waals surface area contributed by atoms with Gasteiger partial charge in [0.1, 0.15) is 35.2 Å². The van der Waals surface area contributed by atoms with Gasteiger partial charge in [-0.15, -0.1) is 0 Å². The van der Waals surface area contributed by atoms with Gasteiger partial charge in [0.05, 0.1) is 5.56 Å². The van der Waals surface area contributed by atoms with Crippen LogP contribution in [-0.2, 0) is 0 Å². The van der Waals surface area contributed by atoms with Crippen LogP contribution < -0.4 is 5.73 Å². The Hall–Kier alpha value is -2.29. The first-order valence-corrected chi connectivity index (χ1v) is 3.72. The summed E-state index contributed by atoms with van der Waals surface area (Å²) in [4.78, 5) is 3.57. The Kier molecular flexibility index (Phi) is 2.53. The molecule has 0 spiro atoms. The Morgan fingerprint density at radius 1 is 1.00 bits per heavy atom. The average molecular weight is 204 g/mol. The highest BCUT2D eigenvalue weighted by Gasteiger charge is 2.16. The standard InChI is InChI=1S/C8H2ClN5/c9-7-5(2-11)4(1-10)6(3-12)8(13)14-7/h(H2,13,14). The van der Waals surface area contributed by atoms with Crippen LogP contribution in [0.5, 0.6) is 0 Å². The predicted octanol–water partition coefficient (Wildman–Crippen LogP) is 0.932. The van der Waals surface area contributed by atoms with Crippen LogP contribution in [0.25, 0.3) is 0 Å². The fourth-order valence-electron chi connectivity index (χ4n) is 0.901. The maximum atomic E-state index is 8.72. The van der Waals surface area contributed by atoms with Crippen molar-refractivity contribution in [2.24, 2.45) is 0 Å². The number of aromatic nitrogens is 1. The molecule has 1 aromatic heterocycles. The second-order valence-corrected chi connectivity index (χ2v) is 2.61. The Bertz CT molecular complexity index is 476. The normalized spacial score (nSPS) is 8.43. The molecular weight excluding hydrogens is 202 g/mol. The molecule has 0 aromatic carbocycles. The zero-order chi connectivity index (χ0) is 10.7. The van der Waals surface area contributed by atoms with Gasteiger partial charge < -0.3 is 5.73 Å². The first-order chi connectivity index (χ1) is 6.65. The van der Waals surface area contributed by atoms with Gasteiger partial charge in [-0.3, -0.25) is 0 Å². The van der Waals surface area contributed by atoms with Crippen molar-refractivity contribution in [3.63, 3.8) is 0 Å². The van der Waals surface area contributed by atoms with Crippen LogP contribution in [0.1, 0.15) is 16.7 Å². The van der Waals surface area contributed by atoms with Gasteiger partial charge in [0.15, 0.2) is 5.15 Å². The van der Waals surface area contributed by atoms with E-state index >= 15 is 0 Å². The molecule has 0 aliphatic rings. The van der Waals surface area contributed by atoms with Crippen LogP contribution in [0.15, 0.2) is 0 Å². The third kappa shape index (κ3) is 1.31. The fourth-order valence-corrected chi connectivity index (χ4v) is 1.13. The summed E-state index contributed by atoms with van der Waals surface area (Å²) in [5.41, 5.74) is 4.98. The molecular formula is C8H2ClN5. The van der Waals surface area contributed by atoms with E-state index in [2.05, 4.69) is 4.98 Å². The monoisotopic (exact) mass is 203 g/mol. The van der Waals surface area contributed by atoms with Gasteiger partial charge in [-0.2, -0.15) is 15.8 Å². The molecule has 0 saturated heterocycles. The largest absolute Gasteiger partial charge is 0.383 e. The van der Waals surface area contributed by atoms with E-state index in [1.807, 2.05) is 0 Å². The number of nitriles is 3. The number of nitrogens with zero attached hydrogens (tertiary/aromatic N) is 4. The SMILES string of the molecule is N#Cc1c(N)nc(Cl)c(C#N)c1C#N. The Balaban J connectivity index is 3.76. The topological polar surface area (TPSA) is 110 Å². The number of pyridine rings is 1. The number of hydrogen-bond acceptors (Lipinski definition) is 5. The van der Waals surface area contributed by atoms with Crippen LogP contribution in [0.2, 0.25) is 5.15 Å². The lowest BCUT2D eigenvalue weighted by molar-refractivity contribution is 1.26. The number of hydrogen-bond donors (Lipinski definition) is 1. The Morgan fingerprint density at radius 3 is 1.93 bits per heavy atom. The highest BCUT2D eigenvalue weighted by Crippen LogP contribution is 2.23. The van der Waals surface area contributed by atoms with Crippen molar-refractivity contribution >= 4 is 17.4 Å². The van der Waals surface area contributed by atoms with E-state index in [4.69, 9.17) is 33.1 Å². The van der Waals surface area contributed by atoms with Gasteiger partial charge in [-0.05, 0) is 0 Å². The van der Waals surface area contributed by atoms with Crippen LogP contribution in [-0.4, -0.2) is 4.98 Å². The van der Waals surface area contributed by atoms with Crippen molar-refractivity contribution in [1.29, 1.82) is 15.8 Å². The molecule has 0 fully saturated rings. The van der Waals surface area contributed by atoms with Crippen molar-refractivity contribution < 1.29 is 0 Å². The van der Waals surface area contributed by atoms with E-state index in [0.717, 1.165) is 0 Å². The lowest BCUT2D eigenvalue weighted by atomic mass is 10.1. The second-order valence-electron chi connectivity index (χ2n) is 2.25. The average Bonchev–Trinajstić information content (AvgIpc) is 2.16. The molecule has 14 heavy (non-hydrogen) atoms. The maximum absolute atomic E-state index is 8.72. The molecule has 0 atom stereocenters. The summed E-state index contributed by atoms with van der Waals surface area (Å²) < 4.78 is 0. The molecule has 0 saturated carbocycles. The van der Waals surface area contributed by atoms with Crippen LogP contribution >= 0.6 is 11.6 Å². The molecule has 5 nitrogen and oxygen atoms in total. The molecule has 0 aliphatic heterocycles. The van der Waals surface area contributed by atoms with E-state index in [1.54, 1.807) is 18.2 Å². The number of nitrogen functional groups attached to an aromatic ring is 1. The fraction of sp³-hybridized carbons (Fsp3) is 0. The molecule has 0 bridgehead atoms. The predicted molar refractivity (Wildman–Crippen MR) is 47.8 cm³/mol. The minimum atomic E-state index is -0.166. The first kappa shape index (κ1) is 9.80.